The lowest BCUT2D eigenvalue weighted by Crippen LogP contribution is -1.94. The van der Waals surface area contributed by atoms with Crippen LogP contribution in [0.1, 0.15) is 184 Å². The largest absolute Gasteiger partial charge is 0.0696 e. The lowest BCUT2D eigenvalue weighted by Gasteiger charge is -2.18. The van der Waals surface area contributed by atoms with Crippen molar-refractivity contribution < 1.29 is 0 Å². The maximum absolute atomic E-state index is 2.45. The minimum absolute atomic E-state index is 1.22. The van der Waals surface area contributed by atoms with E-state index in [4.69, 9.17) is 0 Å². The van der Waals surface area contributed by atoms with Crippen LogP contribution in [0.25, 0.3) is 124 Å². The number of allylic oxidation sites excluding steroid dienone is 4. The summed E-state index contributed by atoms with van der Waals surface area (Å²) in [5, 5.41) is 9.99. The van der Waals surface area contributed by atoms with Crippen LogP contribution < -0.4 is 0 Å². The molecule has 12 aromatic rings. The summed E-state index contributed by atoms with van der Waals surface area (Å²) in [6.07, 6.45) is 40.4. The molecule has 16 rings (SSSR count). The second-order valence-corrected chi connectivity index (χ2v) is 28.0. The summed E-state index contributed by atoms with van der Waals surface area (Å²) >= 11 is 0. The van der Waals surface area contributed by atoms with Crippen LogP contribution in [0.2, 0.25) is 0 Å². The molecule has 0 N–H and O–H groups in total. The fourth-order valence-corrected chi connectivity index (χ4v) is 16.5. The molecule has 0 saturated heterocycles. The van der Waals surface area contributed by atoms with Gasteiger partial charge in [0.1, 0.15) is 0 Å². The van der Waals surface area contributed by atoms with Crippen molar-refractivity contribution in [1.29, 1.82) is 0 Å². The molecule has 12 aromatic carbocycles. The van der Waals surface area contributed by atoms with E-state index in [1.807, 2.05) is 0 Å². The van der Waals surface area contributed by atoms with Gasteiger partial charge in [-0.3, -0.25) is 0 Å². The Morgan fingerprint density at radius 2 is 0.385 bits per heavy atom. The van der Waals surface area contributed by atoms with Crippen LogP contribution in [-0.4, -0.2) is 0 Å². The highest BCUT2D eigenvalue weighted by atomic mass is 14.2. The molecule has 4 fully saturated rings. The molecule has 0 aliphatic heterocycles. The zero-order chi connectivity index (χ0) is 64.0. The molecule has 4 aliphatic rings. The first kappa shape index (κ1) is 61.0. The van der Waals surface area contributed by atoms with Gasteiger partial charge in [-0.05, 0) is 258 Å². The molecular weight excluding hydrogens is 1150 g/mol. The van der Waals surface area contributed by atoms with Gasteiger partial charge >= 0.3 is 0 Å². The van der Waals surface area contributed by atoms with Crippen LogP contribution in [0.3, 0.4) is 0 Å². The molecule has 0 nitrogen and oxygen atoms in total. The van der Waals surface area contributed by atoms with Gasteiger partial charge in [-0.15, -0.1) is 0 Å². The Morgan fingerprint density at radius 3 is 0.615 bits per heavy atom. The van der Waals surface area contributed by atoms with Crippen LogP contribution in [0, 0.1) is 0 Å². The van der Waals surface area contributed by atoms with Crippen molar-refractivity contribution in [3.05, 3.63) is 321 Å². The van der Waals surface area contributed by atoms with Gasteiger partial charge < -0.3 is 0 Å². The molecular formula is C96H86. The predicted octanol–water partition coefficient (Wildman–Crippen LogP) is 27.9. The van der Waals surface area contributed by atoms with Crippen LogP contribution in [0.4, 0.5) is 0 Å². The molecule has 0 bridgehead atoms. The molecule has 4 aliphatic carbocycles. The fraction of sp³-hybridized carbons (Fsp3) is 0.208. The molecule has 470 valence electrons. The maximum Gasteiger partial charge on any atom is -0.00987 e. The quantitative estimate of drug-likeness (QED) is 0.101. The number of hydrogen-bond acceptors (Lipinski definition) is 0. The predicted molar refractivity (Wildman–Crippen MR) is 417 cm³/mol. The number of fused-ring (bicyclic) bond motifs is 4. The van der Waals surface area contributed by atoms with E-state index in [0.29, 0.717) is 0 Å². The topological polar surface area (TPSA) is 0 Å². The second kappa shape index (κ2) is 28.2. The van der Waals surface area contributed by atoms with Gasteiger partial charge in [-0.25, -0.2) is 0 Å². The van der Waals surface area contributed by atoms with E-state index >= 15 is 0 Å². The van der Waals surface area contributed by atoms with Crippen molar-refractivity contribution in [3.63, 3.8) is 0 Å². The van der Waals surface area contributed by atoms with Gasteiger partial charge in [0.05, 0.1) is 0 Å². The zero-order valence-corrected chi connectivity index (χ0v) is 55.7. The summed E-state index contributed by atoms with van der Waals surface area (Å²) in [7, 11) is 0. The smallest absolute Gasteiger partial charge is 0.00987 e. The Labute approximate surface area is 569 Å². The third-order valence-corrected chi connectivity index (χ3v) is 21.6. The Bertz CT molecular complexity index is 4550. The van der Waals surface area contributed by atoms with Crippen LogP contribution in [-0.2, 0) is 0 Å². The minimum Gasteiger partial charge on any atom is -0.0696 e. The van der Waals surface area contributed by atoms with Crippen LogP contribution in [0.15, 0.2) is 265 Å². The van der Waals surface area contributed by atoms with Gasteiger partial charge in [-0.1, -0.05) is 315 Å². The molecule has 0 radical (unpaired) electrons. The van der Waals surface area contributed by atoms with Crippen molar-refractivity contribution >= 4 is 90.7 Å². The molecule has 0 aromatic heterocycles. The molecule has 0 heteroatoms. The van der Waals surface area contributed by atoms with Crippen molar-refractivity contribution in [2.75, 3.05) is 0 Å². The van der Waals surface area contributed by atoms with Crippen molar-refractivity contribution in [2.24, 2.45) is 0 Å². The van der Waals surface area contributed by atoms with E-state index in [2.05, 4.69) is 279 Å². The Morgan fingerprint density at radius 1 is 0.188 bits per heavy atom. The Kier molecular flexibility index (Phi) is 17.9. The molecule has 0 amide bonds. The first-order valence-corrected chi connectivity index (χ1v) is 36.3. The average molecular weight is 1240 g/mol. The molecule has 96 heavy (non-hydrogen) atoms. The van der Waals surface area contributed by atoms with E-state index in [0.717, 1.165) is 0 Å². The molecule has 0 heterocycles. The van der Waals surface area contributed by atoms with Gasteiger partial charge in [0.25, 0.3) is 0 Å². The van der Waals surface area contributed by atoms with E-state index in [9.17, 15) is 0 Å². The summed E-state index contributed by atoms with van der Waals surface area (Å²) in [6.45, 7) is 0. The van der Waals surface area contributed by atoms with Gasteiger partial charge in [-0.2, -0.15) is 0 Å². The highest BCUT2D eigenvalue weighted by Gasteiger charge is 2.20. The Balaban J connectivity index is 0.751. The summed E-state index contributed by atoms with van der Waals surface area (Å²) in [5.74, 6) is 0. The monoisotopic (exact) mass is 1240 g/mol. The van der Waals surface area contributed by atoms with Gasteiger partial charge in [0.15, 0.2) is 0 Å². The first-order chi connectivity index (χ1) is 47.6. The van der Waals surface area contributed by atoms with Gasteiger partial charge in [0.2, 0.25) is 0 Å². The van der Waals surface area contributed by atoms with E-state index in [1.165, 1.54) is 272 Å². The fourth-order valence-electron chi connectivity index (χ4n) is 16.5. The summed E-state index contributed by atoms with van der Waals surface area (Å²) in [6, 6.07) is 92.8. The molecule has 0 spiro atoms. The molecule has 4 saturated carbocycles. The zero-order valence-electron chi connectivity index (χ0n) is 55.7. The standard InChI is InChI=1S/C96H86/c1-5-21-67(22-6-1)61-71-37-45-75(46-38-71)95(76-47-39-72(40-48-76)62-68-23-7-2-8-24-68)65-79-53-55-89(83-31-15-13-29-81(79)83)91-57-59-93(87-35-19-17-33-85(87)91)94-60-58-92(86-34-18-20-36-88(86)94)90-56-54-80(82-30-14-16-32-84(82)90)66-96(77-49-41-73(42-50-77)63-69-25-9-3-10-26-69)78-51-43-74(44-52-78)64-70-27-11-4-12-28-70/h13-20,29-66H,1-12,21-28H2. The molecule has 0 unspecified atom stereocenters. The first-order valence-electron chi connectivity index (χ1n) is 36.3. The van der Waals surface area contributed by atoms with Crippen molar-refractivity contribution in [1.82, 2.24) is 0 Å². The van der Waals surface area contributed by atoms with Crippen molar-refractivity contribution in [3.8, 4) is 33.4 Å². The van der Waals surface area contributed by atoms with Gasteiger partial charge in [0, 0.05) is 0 Å². The highest BCUT2D eigenvalue weighted by molar-refractivity contribution is 6.16. The summed E-state index contributed by atoms with van der Waals surface area (Å²) in [5.41, 5.74) is 28.9. The summed E-state index contributed by atoms with van der Waals surface area (Å²) in [4.78, 5) is 0. The SMILES string of the molecule is C(=C1CCCCC1)c1ccc(C(=Cc2ccc(-c3ccc(-c4ccc(-c5ccc(C=C(c6ccc(C=C7CCCCC7)cc6)c6ccc(C=C7CCCCC7)cc6)c6ccccc56)c5ccccc45)c4ccccc34)c3ccccc23)c2ccc(C=C3CCCCC3)cc2)cc1. The van der Waals surface area contributed by atoms with Crippen LogP contribution in [0.5, 0.6) is 0 Å². The number of rotatable bonds is 13. The van der Waals surface area contributed by atoms with E-state index < -0.39 is 0 Å². The molecule has 0 atom stereocenters. The second-order valence-electron chi connectivity index (χ2n) is 28.0. The normalized spacial score (nSPS) is 15.2. The Hall–Kier alpha value is -9.88. The van der Waals surface area contributed by atoms with E-state index in [1.54, 1.807) is 22.3 Å². The average Bonchev–Trinajstić information content (AvgIpc) is 0.750. The lowest BCUT2D eigenvalue weighted by atomic mass is 9.85. The van der Waals surface area contributed by atoms with E-state index in [-0.39, 0.29) is 0 Å². The number of benzene rings is 12. The van der Waals surface area contributed by atoms with Crippen LogP contribution >= 0.6 is 0 Å². The third-order valence-electron chi connectivity index (χ3n) is 21.6. The third kappa shape index (κ3) is 13.2. The minimum atomic E-state index is 1.22. The summed E-state index contributed by atoms with van der Waals surface area (Å²) < 4.78 is 0. The highest BCUT2D eigenvalue weighted by Crippen LogP contribution is 2.45. The maximum atomic E-state index is 2.45. The lowest BCUT2D eigenvalue weighted by molar-refractivity contribution is 0.602. The number of hydrogen-bond donors (Lipinski definition) is 0. The van der Waals surface area contributed by atoms with Crippen molar-refractivity contribution in [2.45, 2.75) is 128 Å².